The molecule has 0 saturated carbocycles. The van der Waals surface area contributed by atoms with Gasteiger partial charge in [-0.15, -0.1) is 0 Å². The van der Waals surface area contributed by atoms with Crippen molar-refractivity contribution >= 4 is 23.5 Å². The standard InChI is InChI=1S/C13H13ClN2O3/c14-10-6-4-9(5-7-10)12(17)16-11(13(18)19)3-1-2-8-15/h4-7,11H,1-3H2,(H,16,17)(H,18,19)/t11-/m1/s1. The maximum absolute atomic E-state index is 11.8. The Kier molecular flexibility index (Phi) is 5.83. The van der Waals surface area contributed by atoms with Gasteiger partial charge in [0.2, 0.25) is 0 Å². The fourth-order valence-electron chi connectivity index (χ4n) is 1.49. The summed E-state index contributed by atoms with van der Waals surface area (Å²) < 4.78 is 0. The molecule has 100 valence electrons. The Bertz CT molecular complexity index is 494. The molecule has 0 unspecified atom stereocenters. The average Bonchev–Trinajstić information content (AvgIpc) is 2.38. The number of aliphatic carboxylic acids is 1. The number of rotatable bonds is 6. The van der Waals surface area contributed by atoms with E-state index in [2.05, 4.69) is 5.32 Å². The molecule has 1 rings (SSSR count). The number of benzene rings is 1. The van der Waals surface area contributed by atoms with Crippen LogP contribution in [-0.4, -0.2) is 23.0 Å². The number of hydrogen-bond donors (Lipinski definition) is 2. The minimum Gasteiger partial charge on any atom is -0.480 e. The summed E-state index contributed by atoms with van der Waals surface area (Å²) in [5.74, 6) is -1.58. The van der Waals surface area contributed by atoms with Gasteiger partial charge in [0.1, 0.15) is 6.04 Å². The van der Waals surface area contributed by atoms with Crippen molar-refractivity contribution in [3.63, 3.8) is 0 Å². The monoisotopic (exact) mass is 280 g/mol. The number of carbonyl (C=O) groups is 2. The SMILES string of the molecule is N#CCCC[C@@H](NC(=O)c1ccc(Cl)cc1)C(=O)O. The lowest BCUT2D eigenvalue weighted by molar-refractivity contribution is -0.139. The summed E-state index contributed by atoms with van der Waals surface area (Å²) in [6, 6.07) is 7.10. The van der Waals surface area contributed by atoms with E-state index < -0.39 is 17.9 Å². The Morgan fingerprint density at radius 3 is 2.53 bits per heavy atom. The molecule has 0 saturated heterocycles. The molecule has 0 fully saturated rings. The van der Waals surface area contributed by atoms with Crippen molar-refractivity contribution in [1.82, 2.24) is 5.32 Å². The molecule has 0 aromatic heterocycles. The zero-order chi connectivity index (χ0) is 14.3. The van der Waals surface area contributed by atoms with Gasteiger partial charge >= 0.3 is 5.97 Å². The second kappa shape index (κ2) is 7.39. The lowest BCUT2D eigenvalue weighted by Crippen LogP contribution is -2.40. The molecule has 19 heavy (non-hydrogen) atoms. The molecule has 0 bridgehead atoms. The van der Waals surface area contributed by atoms with E-state index in [4.69, 9.17) is 22.0 Å². The average molecular weight is 281 g/mol. The van der Waals surface area contributed by atoms with Crippen LogP contribution in [0, 0.1) is 11.3 Å². The third-order valence-electron chi connectivity index (χ3n) is 2.49. The third-order valence-corrected chi connectivity index (χ3v) is 2.74. The van der Waals surface area contributed by atoms with Gasteiger partial charge in [-0.1, -0.05) is 11.6 Å². The van der Waals surface area contributed by atoms with Crippen molar-refractivity contribution in [3.05, 3.63) is 34.9 Å². The Hall–Kier alpha value is -2.06. The summed E-state index contributed by atoms with van der Waals surface area (Å²) in [6.45, 7) is 0. The van der Waals surface area contributed by atoms with Gasteiger partial charge in [-0.25, -0.2) is 4.79 Å². The summed E-state index contributed by atoms with van der Waals surface area (Å²) >= 11 is 5.70. The minimum absolute atomic E-state index is 0.224. The molecular weight excluding hydrogens is 268 g/mol. The number of carbonyl (C=O) groups excluding carboxylic acids is 1. The van der Waals surface area contributed by atoms with Crippen molar-refractivity contribution < 1.29 is 14.7 Å². The zero-order valence-corrected chi connectivity index (χ0v) is 10.9. The van der Waals surface area contributed by atoms with E-state index in [9.17, 15) is 9.59 Å². The van der Waals surface area contributed by atoms with Crippen molar-refractivity contribution in [2.24, 2.45) is 0 Å². The molecule has 1 atom stereocenters. The first kappa shape index (κ1) is 15.0. The van der Waals surface area contributed by atoms with Crippen molar-refractivity contribution in [3.8, 4) is 6.07 Å². The first-order valence-corrected chi connectivity index (χ1v) is 6.08. The second-order valence-corrected chi connectivity index (χ2v) is 4.36. The number of amides is 1. The van der Waals surface area contributed by atoms with Crippen LogP contribution in [0.25, 0.3) is 0 Å². The van der Waals surface area contributed by atoms with E-state index in [0.29, 0.717) is 17.0 Å². The quantitative estimate of drug-likeness (QED) is 0.782. The van der Waals surface area contributed by atoms with Crippen molar-refractivity contribution in [1.29, 1.82) is 5.26 Å². The predicted molar refractivity (Wildman–Crippen MR) is 69.8 cm³/mol. The molecule has 0 aliphatic heterocycles. The van der Waals surface area contributed by atoms with E-state index >= 15 is 0 Å². The summed E-state index contributed by atoms with van der Waals surface area (Å²) in [4.78, 5) is 22.8. The molecule has 0 heterocycles. The highest BCUT2D eigenvalue weighted by atomic mass is 35.5. The van der Waals surface area contributed by atoms with E-state index in [-0.39, 0.29) is 12.8 Å². The van der Waals surface area contributed by atoms with E-state index in [1.165, 1.54) is 12.1 Å². The maximum Gasteiger partial charge on any atom is 0.326 e. The van der Waals surface area contributed by atoms with Crippen LogP contribution in [0.1, 0.15) is 29.6 Å². The lowest BCUT2D eigenvalue weighted by Gasteiger charge is -2.13. The summed E-state index contributed by atoms with van der Waals surface area (Å²) in [7, 11) is 0. The Morgan fingerprint density at radius 1 is 1.37 bits per heavy atom. The molecule has 0 aliphatic carbocycles. The van der Waals surface area contributed by atoms with Gasteiger partial charge in [0, 0.05) is 17.0 Å². The number of nitrogens with one attached hydrogen (secondary N) is 1. The van der Waals surface area contributed by atoms with Gasteiger partial charge < -0.3 is 10.4 Å². The fourth-order valence-corrected chi connectivity index (χ4v) is 1.61. The fraction of sp³-hybridized carbons (Fsp3) is 0.308. The summed E-state index contributed by atoms with van der Waals surface area (Å²) in [6.07, 6.45) is 0.914. The number of carboxylic acid groups (broad SMARTS) is 1. The van der Waals surface area contributed by atoms with Crippen LogP contribution in [0.15, 0.2) is 24.3 Å². The van der Waals surface area contributed by atoms with Gasteiger partial charge in [-0.05, 0) is 37.1 Å². The Labute approximate surface area is 115 Å². The molecule has 2 N–H and O–H groups in total. The highest BCUT2D eigenvalue weighted by molar-refractivity contribution is 6.30. The van der Waals surface area contributed by atoms with E-state index in [0.717, 1.165) is 0 Å². The first-order valence-electron chi connectivity index (χ1n) is 5.70. The normalized spacial score (nSPS) is 11.4. The number of nitriles is 1. The van der Waals surface area contributed by atoms with Crippen molar-refractivity contribution in [2.45, 2.75) is 25.3 Å². The second-order valence-electron chi connectivity index (χ2n) is 3.92. The van der Waals surface area contributed by atoms with Crippen molar-refractivity contribution in [2.75, 3.05) is 0 Å². The largest absolute Gasteiger partial charge is 0.480 e. The highest BCUT2D eigenvalue weighted by Crippen LogP contribution is 2.10. The van der Waals surface area contributed by atoms with Crippen LogP contribution >= 0.6 is 11.6 Å². The lowest BCUT2D eigenvalue weighted by atomic mass is 10.1. The summed E-state index contributed by atoms with van der Waals surface area (Å²) in [5, 5.41) is 20.3. The molecule has 6 heteroatoms. The van der Waals surface area contributed by atoms with Crippen LogP contribution in [-0.2, 0) is 4.79 Å². The number of nitrogens with zero attached hydrogens (tertiary/aromatic N) is 1. The van der Waals surface area contributed by atoms with Crippen LogP contribution in [0.4, 0.5) is 0 Å². The van der Waals surface area contributed by atoms with Crippen LogP contribution in [0.2, 0.25) is 5.02 Å². The number of hydrogen-bond acceptors (Lipinski definition) is 3. The molecule has 1 aromatic carbocycles. The molecule has 1 aromatic rings. The number of unbranched alkanes of at least 4 members (excludes halogenated alkanes) is 1. The predicted octanol–water partition coefficient (Wildman–Crippen LogP) is 2.22. The van der Waals surface area contributed by atoms with E-state index in [1.807, 2.05) is 6.07 Å². The third kappa shape index (κ3) is 4.98. The topological polar surface area (TPSA) is 90.2 Å². The zero-order valence-electron chi connectivity index (χ0n) is 10.1. The Morgan fingerprint density at radius 2 is 2.00 bits per heavy atom. The molecular formula is C13H13ClN2O3. The summed E-state index contributed by atoms with van der Waals surface area (Å²) in [5.41, 5.74) is 0.343. The minimum atomic E-state index is -1.11. The first-order chi connectivity index (χ1) is 9.04. The Balaban J connectivity index is 2.63. The molecule has 0 radical (unpaired) electrons. The van der Waals surface area contributed by atoms with E-state index in [1.54, 1.807) is 12.1 Å². The number of halogens is 1. The molecule has 1 amide bonds. The molecule has 0 aliphatic rings. The molecule has 0 spiro atoms. The van der Waals surface area contributed by atoms with Gasteiger partial charge in [0.15, 0.2) is 0 Å². The van der Waals surface area contributed by atoms with Crippen LogP contribution < -0.4 is 5.32 Å². The molecule has 5 nitrogen and oxygen atoms in total. The highest BCUT2D eigenvalue weighted by Gasteiger charge is 2.20. The van der Waals surface area contributed by atoms with Crippen LogP contribution in [0.3, 0.4) is 0 Å². The van der Waals surface area contributed by atoms with Gasteiger partial charge in [0.05, 0.1) is 6.07 Å². The van der Waals surface area contributed by atoms with Gasteiger partial charge in [-0.3, -0.25) is 4.79 Å². The van der Waals surface area contributed by atoms with Crippen LogP contribution in [0.5, 0.6) is 0 Å². The maximum atomic E-state index is 11.8. The number of carboxylic acids is 1. The van der Waals surface area contributed by atoms with Gasteiger partial charge in [-0.2, -0.15) is 5.26 Å². The van der Waals surface area contributed by atoms with Gasteiger partial charge in [0.25, 0.3) is 5.91 Å². The smallest absolute Gasteiger partial charge is 0.326 e.